The summed E-state index contributed by atoms with van der Waals surface area (Å²) in [6.07, 6.45) is 0. The second-order valence-electron chi connectivity index (χ2n) is 3.99. The molecule has 5 heteroatoms. The summed E-state index contributed by atoms with van der Waals surface area (Å²) in [6.45, 7) is 3.82. The van der Waals surface area contributed by atoms with E-state index in [-0.39, 0.29) is 0 Å². The number of methoxy groups -OCH3 is 2. The summed E-state index contributed by atoms with van der Waals surface area (Å²) < 4.78 is 10.6. The monoisotopic (exact) mass is 278 g/mol. The van der Waals surface area contributed by atoms with Crippen molar-refractivity contribution in [3.8, 4) is 22.1 Å². The van der Waals surface area contributed by atoms with Crippen LogP contribution in [0.4, 0.5) is 0 Å². The summed E-state index contributed by atoms with van der Waals surface area (Å²) >= 11 is 1.62. The van der Waals surface area contributed by atoms with Crippen molar-refractivity contribution < 1.29 is 9.47 Å². The second-order valence-corrected chi connectivity index (χ2v) is 4.85. The lowest BCUT2D eigenvalue weighted by Gasteiger charge is -2.08. The maximum Gasteiger partial charge on any atom is 0.132 e. The van der Waals surface area contributed by atoms with E-state index in [2.05, 4.69) is 22.6 Å². The van der Waals surface area contributed by atoms with Gasteiger partial charge in [-0.3, -0.25) is 0 Å². The SMILES string of the molecule is CCNCc1csc(-c2ccc(OC)cc2OC)n1. The number of aromatic nitrogens is 1. The summed E-state index contributed by atoms with van der Waals surface area (Å²) in [4.78, 5) is 4.62. The number of ether oxygens (including phenoxy) is 2. The van der Waals surface area contributed by atoms with Crippen molar-refractivity contribution in [2.24, 2.45) is 0 Å². The van der Waals surface area contributed by atoms with Gasteiger partial charge in [-0.2, -0.15) is 0 Å². The second kappa shape index (κ2) is 6.54. The molecule has 2 rings (SSSR count). The van der Waals surface area contributed by atoms with Gasteiger partial charge < -0.3 is 14.8 Å². The van der Waals surface area contributed by atoms with Crippen LogP contribution in [0, 0.1) is 0 Å². The molecule has 0 aliphatic heterocycles. The highest BCUT2D eigenvalue weighted by Crippen LogP contribution is 2.34. The summed E-state index contributed by atoms with van der Waals surface area (Å²) in [5.74, 6) is 1.56. The number of nitrogens with zero attached hydrogens (tertiary/aromatic N) is 1. The molecule has 4 nitrogen and oxygen atoms in total. The van der Waals surface area contributed by atoms with Gasteiger partial charge in [-0.25, -0.2) is 4.98 Å². The van der Waals surface area contributed by atoms with Crippen LogP contribution in [0.2, 0.25) is 0 Å². The molecule has 1 N–H and O–H groups in total. The maximum atomic E-state index is 5.40. The lowest BCUT2D eigenvalue weighted by Crippen LogP contribution is -2.11. The average Bonchev–Trinajstić information content (AvgIpc) is 2.92. The van der Waals surface area contributed by atoms with E-state index in [4.69, 9.17) is 9.47 Å². The van der Waals surface area contributed by atoms with E-state index in [9.17, 15) is 0 Å². The molecule has 102 valence electrons. The van der Waals surface area contributed by atoms with Crippen molar-refractivity contribution in [1.82, 2.24) is 10.3 Å². The van der Waals surface area contributed by atoms with Crippen molar-refractivity contribution in [1.29, 1.82) is 0 Å². The van der Waals surface area contributed by atoms with Crippen LogP contribution in [0.15, 0.2) is 23.6 Å². The highest BCUT2D eigenvalue weighted by Gasteiger charge is 2.11. The fourth-order valence-electron chi connectivity index (χ4n) is 1.74. The molecule has 0 saturated heterocycles. The molecule has 2 aromatic rings. The molecule has 0 aliphatic rings. The summed E-state index contributed by atoms with van der Waals surface area (Å²) in [5.41, 5.74) is 2.05. The van der Waals surface area contributed by atoms with Crippen LogP contribution in [0.1, 0.15) is 12.6 Å². The van der Waals surface area contributed by atoms with E-state index in [0.29, 0.717) is 0 Å². The number of rotatable bonds is 6. The molecule has 1 aromatic carbocycles. The molecule has 0 atom stereocenters. The van der Waals surface area contributed by atoms with Crippen molar-refractivity contribution in [2.45, 2.75) is 13.5 Å². The summed E-state index contributed by atoms with van der Waals surface area (Å²) in [7, 11) is 3.30. The number of benzene rings is 1. The van der Waals surface area contributed by atoms with E-state index in [0.717, 1.165) is 40.9 Å². The fourth-order valence-corrected chi connectivity index (χ4v) is 2.59. The van der Waals surface area contributed by atoms with Gasteiger partial charge >= 0.3 is 0 Å². The van der Waals surface area contributed by atoms with Gasteiger partial charge in [0.15, 0.2) is 0 Å². The molecule has 1 aromatic heterocycles. The zero-order chi connectivity index (χ0) is 13.7. The van der Waals surface area contributed by atoms with Gasteiger partial charge in [0.05, 0.1) is 25.5 Å². The summed E-state index contributed by atoms with van der Waals surface area (Å²) in [6, 6.07) is 5.78. The molecular weight excluding hydrogens is 260 g/mol. The first kappa shape index (κ1) is 13.8. The van der Waals surface area contributed by atoms with Crippen molar-refractivity contribution in [2.75, 3.05) is 20.8 Å². The van der Waals surface area contributed by atoms with Crippen LogP contribution in [-0.2, 0) is 6.54 Å². The standard InChI is InChI=1S/C14H18N2O2S/c1-4-15-8-10-9-19-14(16-10)12-6-5-11(17-2)7-13(12)18-3/h5-7,9,15H,4,8H2,1-3H3. The molecule has 0 spiro atoms. The molecule has 0 saturated carbocycles. The number of nitrogens with one attached hydrogen (secondary N) is 1. The van der Waals surface area contributed by atoms with Crippen molar-refractivity contribution >= 4 is 11.3 Å². The lowest BCUT2D eigenvalue weighted by atomic mass is 10.2. The zero-order valence-electron chi connectivity index (χ0n) is 11.4. The third-order valence-corrected chi connectivity index (χ3v) is 3.67. The van der Waals surface area contributed by atoms with Gasteiger partial charge in [0.2, 0.25) is 0 Å². The Balaban J connectivity index is 2.27. The minimum atomic E-state index is 0.781. The molecular formula is C14H18N2O2S. The average molecular weight is 278 g/mol. The molecule has 0 radical (unpaired) electrons. The van der Waals surface area contributed by atoms with E-state index in [1.165, 1.54) is 0 Å². The van der Waals surface area contributed by atoms with E-state index in [1.54, 1.807) is 25.6 Å². The Bertz CT molecular complexity index is 540. The summed E-state index contributed by atoms with van der Waals surface area (Å²) in [5, 5.41) is 6.31. The fraction of sp³-hybridized carbons (Fsp3) is 0.357. The van der Waals surface area contributed by atoms with Gasteiger partial charge in [-0.15, -0.1) is 11.3 Å². The minimum Gasteiger partial charge on any atom is -0.497 e. The third kappa shape index (κ3) is 3.24. The van der Waals surface area contributed by atoms with Crippen LogP contribution in [0.3, 0.4) is 0 Å². The Morgan fingerprint density at radius 3 is 2.79 bits per heavy atom. The predicted octanol–water partition coefficient (Wildman–Crippen LogP) is 2.94. The van der Waals surface area contributed by atoms with Gasteiger partial charge in [0.25, 0.3) is 0 Å². The molecule has 1 heterocycles. The topological polar surface area (TPSA) is 43.4 Å². The number of hydrogen-bond donors (Lipinski definition) is 1. The van der Waals surface area contributed by atoms with E-state index in [1.807, 2.05) is 18.2 Å². The highest BCUT2D eigenvalue weighted by molar-refractivity contribution is 7.13. The Morgan fingerprint density at radius 1 is 1.26 bits per heavy atom. The quantitative estimate of drug-likeness (QED) is 0.882. The maximum absolute atomic E-state index is 5.40. The largest absolute Gasteiger partial charge is 0.497 e. The Hall–Kier alpha value is -1.59. The molecule has 0 amide bonds. The molecule has 0 aliphatic carbocycles. The van der Waals surface area contributed by atoms with Crippen molar-refractivity contribution in [3.05, 3.63) is 29.3 Å². The van der Waals surface area contributed by atoms with Gasteiger partial charge in [-0.05, 0) is 18.7 Å². The minimum absolute atomic E-state index is 0.781. The third-order valence-electron chi connectivity index (χ3n) is 2.75. The van der Waals surface area contributed by atoms with Gasteiger partial charge in [-0.1, -0.05) is 6.92 Å². The van der Waals surface area contributed by atoms with Crippen molar-refractivity contribution in [3.63, 3.8) is 0 Å². The molecule has 0 unspecified atom stereocenters. The Kier molecular flexibility index (Phi) is 4.76. The van der Waals surface area contributed by atoms with Gasteiger partial charge in [0, 0.05) is 18.0 Å². The Morgan fingerprint density at radius 2 is 2.11 bits per heavy atom. The highest BCUT2D eigenvalue weighted by atomic mass is 32.1. The first-order valence-electron chi connectivity index (χ1n) is 6.16. The number of thiazole rings is 1. The zero-order valence-corrected chi connectivity index (χ0v) is 12.2. The first-order chi connectivity index (χ1) is 9.28. The molecule has 19 heavy (non-hydrogen) atoms. The number of hydrogen-bond acceptors (Lipinski definition) is 5. The van der Waals surface area contributed by atoms with E-state index < -0.39 is 0 Å². The molecule has 0 fully saturated rings. The predicted molar refractivity (Wildman–Crippen MR) is 78.0 cm³/mol. The van der Waals surface area contributed by atoms with Crippen LogP contribution in [-0.4, -0.2) is 25.7 Å². The smallest absolute Gasteiger partial charge is 0.132 e. The molecule has 0 bridgehead atoms. The van der Waals surface area contributed by atoms with Crippen LogP contribution in [0.25, 0.3) is 10.6 Å². The first-order valence-corrected chi connectivity index (χ1v) is 7.04. The normalized spacial score (nSPS) is 10.5. The Labute approximate surface area is 117 Å². The van der Waals surface area contributed by atoms with E-state index >= 15 is 0 Å². The lowest BCUT2D eigenvalue weighted by molar-refractivity contribution is 0.395. The van der Waals surface area contributed by atoms with Crippen LogP contribution in [0.5, 0.6) is 11.5 Å². The van der Waals surface area contributed by atoms with Crippen LogP contribution >= 0.6 is 11.3 Å². The van der Waals surface area contributed by atoms with Crippen LogP contribution < -0.4 is 14.8 Å². The van der Waals surface area contributed by atoms with Gasteiger partial charge in [0.1, 0.15) is 16.5 Å².